The SMILES string of the molecule is CCCc1nc(Cl)cc(N(C)C(CC)CSC)n1. The van der Waals surface area contributed by atoms with Gasteiger partial charge in [0.2, 0.25) is 0 Å². The standard InChI is InChI=1S/C13H22ClN3S/c1-5-7-12-15-11(14)8-13(16-12)17(3)10(6-2)9-18-4/h8,10H,5-7,9H2,1-4H3. The van der Waals surface area contributed by atoms with E-state index in [0.717, 1.165) is 36.7 Å². The van der Waals surface area contributed by atoms with E-state index in [1.54, 1.807) is 0 Å². The highest BCUT2D eigenvalue weighted by Gasteiger charge is 2.15. The Morgan fingerprint density at radius 1 is 1.39 bits per heavy atom. The van der Waals surface area contributed by atoms with Crippen LogP contribution in [0.5, 0.6) is 0 Å². The number of aromatic nitrogens is 2. The van der Waals surface area contributed by atoms with Gasteiger partial charge in [-0.3, -0.25) is 0 Å². The smallest absolute Gasteiger partial charge is 0.134 e. The molecule has 0 radical (unpaired) electrons. The summed E-state index contributed by atoms with van der Waals surface area (Å²) < 4.78 is 0. The minimum Gasteiger partial charge on any atom is -0.356 e. The first-order chi connectivity index (χ1) is 8.62. The molecule has 0 aliphatic rings. The molecule has 1 rings (SSSR count). The molecule has 1 atom stereocenters. The van der Waals surface area contributed by atoms with Crippen LogP contribution in [-0.2, 0) is 6.42 Å². The topological polar surface area (TPSA) is 29.0 Å². The van der Waals surface area contributed by atoms with Crippen molar-refractivity contribution >= 4 is 29.2 Å². The zero-order chi connectivity index (χ0) is 13.5. The lowest BCUT2D eigenvalue weighted by Crippen LogP contribution is -2.34. The summed E-state index contributed by atoms with van der Waals surface area (Å²) in [7, 11) is 2.08. The first-order valence-corrected chi connectivity index (χ1v) is 8.14. The van der Waals surface area contributed by atoms with Gasteiger partial charge < -0.3 is 4.90 Å². The highest BCUT2D eigenvalue weighted by atomic mass is 35.5. The van der Waals surface area contributed by atoms with Gasteiger partial charge in [0.15, 0.2) is 0 Å². The zero-order valence-electron chi connectivity index (χ0n) is 11.6. The Kier molecular flexibility index (Phi) is 6.79. The first kappa shape index (κ1) is 15.6. The number of hydrogen-bond donors (Lipinski definition) is 0. The van der Waals surface area contributed by atoms with Gasteiger partial charge in [-0.05, 0) is 19.1 Å². The van der Waals surface area contributed by atoms with E-state index >= 15 is 0 Å². The average molecular weight is 288 g/mol. The molecule has 1 aromatic rings. The fourth-order valence-corrected chi connectivity index (χ4v) is 2.89. The van der Waals surface area contributed by atoms with E-state index in [2.05, 4.69) is 42.0 Å². The van der Waals surface area contributed by atoms with Crippen LogP contribution in [0.1, 0.15) is 32.5 Å². The molecule has 1 aromatic heterocycles. The number of thioether (sulfide) groups is 1. The van der Waals surface area contributed by atoms with Crippen LogP contribution in [0.2, 0.25) is 5.15 Å². The summed E-state index contributed by atoms with van der Waals surface area (Å²) in [6.45, 7) is 4.32. The van der Waals surface area contributed by atoms with Gasteiger partial charge in [-0.25, -0.2) is 9.97 Å². The molecule has 0 bridgehead atoms. The highest BCUT2D eigenvalue weighted by molar-refractivity contribution is 7.98. The summed E-state index contributed by atoms with van der Waals surface area (Å²) in [4.78, 5) is 11.1. The van der Waals surface area contributed by atoms with Crippen molar-refractivity contribution in [2.75, 3.05) is 24.0 Å². The molecule has 3 nitrogen and oxygen atoms in total. The van der Waals surface area contributed by atoms with Gasteiger partial charge in [0.25, 0.3) is 0 Å². The maximum atomic E-state index is 6.07. The van der Waals surface area contributed by atoms with Crippen molar-refractivity contribution < 1.29 is 0 Å². The molecule has 18 heavy (non-hydrogen) atoms. The molecule has 0 N–H and O–H groups in total. The molecule has 102 valence electrons. The lowest BCUT2D eigenvalue weighted by atomic mass is 10.2. The Bertz CT molecular complexity index is 373. The van der Waals surface area contributed by atoms with Crippen molar-refractivity contribution in [1.29, 1.82) is 0 Å². The summed E-state index contributed by atoms with van der Waals surface area (Å²) >= 11 is 7.93. The Labute approximate surface area is 119 Å². The summed E-state index contributed by atoms with van der Waals surface area (Å²) in [6.07, 6.45) is 5.14. The second-order valence-electron chi connectivity index (χ2n) is 4.34. The van der Waals surface area contributed by atoms with Gasteiger partial charge in [0, 0.05) is 31.3 Å². The third-order valence-corrected chi connectivity index (χ3v) is 3.85. The summed E-state index contributed by atoms with van der Waals surface area (Å²) in [6, 6.07) is 2.34. The molecule has 5 heteroatoms. The lowest BCUT2D eigenvalue weighted by molar-refractivity contribution is 0.661. The minimum atomic E-state index is 0.487. The van der Waals surface area contributed by atoms with Crippen molar-refractivity contribution in [3.63, 3.8) is 0 Å². The number of hydrogen-bond acceptors (Lipinski definition) is 4. The molecule has 1 heterocycles. The molecule has 0 aliphatic carbocycles. The van der Waals surface area contributed by atoms with Crippen LogP contribution in [0.25, 0.3) is 0 Å². The van der Waals surface area contributed by atoms with Crippen molar-refractivity contribution in [2.45, 2.75) is 39.2 Å². The van der Waals surface area contributed by atoms with Gasteiger partial charge in [0.1, 0.15) is 16.8 Å². The van der Waals surface area contributed by atoms with E-state index in [1.165, 1.54) is 0 Å². The Morgan fingerprint density at radius 2 is 2.11 bits per heavy atom. The van der Waals surface area contributed by atoms with Gasteiger partial charge >= 0.3 is 0 Å². The van der Waals surface area contributed by atoms with Crippen molar-refractivity contribution in [2.24, 2.45) is 0 Å². The third-order valence-electron chi connectivity index (χ3n) is 2.94. The molecule has 0 aliphatic heterocycles. The first-order valence-electron chi connectivity index (χ1n) is 6.37. The van der Waals surface area contributed by atoms with Crippen LogP contribution in [0.4, 0.5) is 5.82 Å². The van der Waals surface area contributed by atoms with E-state index in [4.69, 9.17) is 11.6 Å². The molecule has 1 unspecified atom stereocenters. The summed E-state index contributed by atoms with van der Waals surface area (Å²) in [5.74, 6) is 2.86. The normalized spacial score (nSPS) is 12.5. The zero-order valence-corrected chi connectivity index (χ0v) is 13.2. The van der Waals surface area contributed by atoms with Crippen molar-refractivity contribution in [3.05, 3.63) is 17.0 Å². The molecule has 0 saturated carbocycles. The van der Waals surface area contributed by atoms with Crippen LogP contribution >= 0.6 is 23.4 Å². The van der Waals surface area contributed by atoms with Crippen LogP contribution < -0.4 is 4.90 Å². The number of nitrogens with zero attached hydrogens (tertiary/aromatic N) is 3. The predicted molar refractivity (Wildman–Crippen MR) is 81.9 cm³/mol. The van der Waals surface area contributed by atoms with E-state index in [9.17, 15) is 0 Å². The Morgan fingerprint density at radius 3 is 2.67 bits per heavy atom. The molecule has 0 spiro atoms. The molecular formula is C13H22ClN3S. The molecule has 0 aromatic carbocycles. The third kappa shape index (κ3) is 4.32. The molecule has 0 saturated heterocycles. The largest absolute Gasteiger partial charge is 0.356 e. The van der Waals surface area contributed by atoms with E-state index in [0.29, 0.717) is 11.2 Å². The molecule has 0 fully saturated rings. The fraction of sp³-hybridized carbons (Fsp3) is 0.692. The predicted octanol–water partition coefficient (Wildman–Crippen LogP) is 3.66. The van der Waals surface area contributed by atoms with Crippen LogP contribution in [0.3, 0.4) is 0 Å². The van der Waals surface area contributed by atoms with E-state index in [-0.39, 0.29) is 0 Å². The van der Waals surface area contributed by atoms with Gasteiger partial charge in [-0.2, -0.15) is 11.8 Å². The second kappa shape index (κ2) is 7.85. The average Bonchev–Trinajstić information content (AvgIpc) is 2.35. The number of aryl methyl sites for hydroxylation is 1. The summed E-state index contributed by atoms with van der Waals surface area (Å²) in [5.41, 5.74) is 0. The second-order valence-corrected chi connectivity index (χ2v) is 5.64. The Hall–Kier alpha value is -0.480. The van der Waals surface area contributed by atoms with Crippen molar-refractivity contribution in [3.8, 4) is 0 Å². The summed E-state index contributed by atoms with van der Waals surface area (Å²) in [5, 5.41) is 0.536. The number of halogens is 1. The van der Waals surface area contributed by atoms with E-state index in [1.807, 2.05) is 17.8 Å². The Balaban J connectivity index is 2.92. The number of rotatable bonds is 7. The van der Waals surface area contributed by atoms with Crippen LogP contribution in [0.15, 0.2) is 6.07 Å². The monoisotopic (exact) mass is 287 g/mol. The number of anilines is 1. The van der Waals surface area contributed by atoms with Gasteiger partial charge in [0.05, 0.1) is 0 Å². The minimum absolute atomic E-state index is 0.487. The van der Waals surface area contributed by atoms with Crippen molar-refractivity contribution in [1.82, 2.24) is 9.97 Å². The van der Waals surface area contributed by atoms with Gasteiger partial charge in [-0.1, -0.05) is 25.4 Å². The maximum Gasteiger partial charge on any atom is 0.134 e. The molecule has 0 amide bonds. The molecular weight excluding hydrogens is 266 g/mol. The fourth-order valence-electron chi connectivity index (χ4n) is 1.85. The van der Waals surface area contributed by atoms with Gasteiger partial charge in [-0.15, -0.1) is 0 Å². The van der Waals surface area contributed by atoms with E-state index < -0.39 is 0 Å². The van der Waals surface area contributed by atoms with Crippen LogP contribution in [0, 0.1) is 0 Å². The maximum absolute atomic E-state index is 6.07. The highest BCUT2D eigenvalue weighted by Crippen LogP contribution is 2.20. The quantitative estimate of drug-likeness (QED) is 0.716. The lowest BCUT2D eigenvalue weighted by Gasteiger charge is -2.28. The van der Waals surface area contributed by atoms with Crippen LogP contribution in [-0.4, -0.2) is 35.1 Å².